The fourth-order valence-corrected chi connectivity index (χ4v) is 3.15. The summed E-state index contributed by atoms with van der Waals surface area (Å²) in [6.45, 7) is 0.675. The number of nitrogens with zero attached hydrogens (tertiary/aromatic N) is 1. The van der Waals surface area contributed by atoms with E-state index in [1.165, 1.54) is 0 Å². The minimum Gasteiger partial charge on any atom is -0.493 e. The molecule has 4 nitrogen and oxygen atoms in total. The maximum Gasteiger partial charge on any atom is 0.124 e. The van der Waals surface area contributed by atoms with Crippen molar-refractivity contribution >= 4 is 27.2 Å². The number of rotatable bonds is 6. The molecule has 0 aliphatic heterocycles. The predicted molar refractivity (Wildman–Crippen MR) is 91.8 cm³/mol. The van der Waals surface area contributed by atoms with E-state index in [4.69, 9.17) is 9.84 Å². The van der Waals surface area contributed by atoms with Crippen molar-refractivity contribution in [2.24, 2.45) is 0 Å². The van der Waals surface area contributed by atoms with Gasteiger partial charge in [0.2, 0.25) is 0 Å². The fraction of sp³-hybridized carbons (Fsp3) is 0.235. The SMILES string of the molecule is CNc1ccc(-c2nc3ccc(OCCCO)cc3s2)cc1. The van der Waals surface area contributed by atoms with Crippen molar-refractivity contribution in [3.8, 4) is 16.3 Å². The molecule has 0 bridgehead atoms. The molecule has 3 rings (SSSR count). The lowest BCUT2D eigenvalue weighted by molar-refractivity contribution is 0.234. The van der Waals surface area contributed by atoms with Crippen LogP contribution >= 0.6 is 11.3 Å². The van der Waals surface area contributed by atoms with Crippen LogP contribution in [0.25, 0.3) is 20.8 Å². The van der Waals surface area contributed by atoms with E-state index in [2.05, 4.69) is 22.4 Å². The summed E-state index contributed by atoms with van der Waals surface area (Å²) in [6.07, 6.45) is 0.643. The van der Waals surface area contributed by atoms with E-state index in [-0.39, 0.29) is 6.61 Å². The van der Waals surface area contributed by atoms with Gasteiger partial charge in [-0.1, -0.05) is 0 Å². The molecule has 0 unspecified atom stereocenters. The third-order valence-corrected chi connectivity index (χ3v) is 4.42. The fourth-order valence-electron chi connectivity index (χ4n) is 2.15. The Morgan fingerprint density at radius 1 is 1.18 bits per heavy atom. The first-order chi connectivity index (χ1) is 10.8. The van der Waals surface area contributed by atoms with Gasteiger partial charge >= 0.3 is 0 Å². The number of ether oxygens (including phenoxy) is 1. The van der Waals surface area contributed by atoms with Gasteiger partial charge in [-0.3, -0.25) is 0 Å². The molecule has 0 aliphatic rings. The molecule has 3 aromatic rings. The summed E-state index contributed by atoms with van der Waals surface area (Å²) >= 11 is 1.66. The Kier molecular flexibility index (Phi) is 4.56. The van der Waals surface area contributed by atoms with Gasteiger partial charge in [0, 0.05) is 31.3 Å². The van der Waals surface area contributed by atoms with E-state index in [1.54, 1.807) is 11.3 Å². The van der Waals surface area contributed by atoms with Crippen LogP contribution in [-0.4, -0.2) is 30.4 Å². The summed E-state index contributed by atoms with van der Waals surface area (Å²) < 4.78 is 6.72. The van der Waals surface area contributed by atoms with Gasteiger partial charge in [-0.15, -0.1) is 11.3 Å². The molecule has 1 aromatic heterocycles. The van der Waals surface area contributed by atoms with Crippen LogP contribution in [0.1, 0.15) is 6.42 Å². The van der Waals surface area contributed by atoms with Crippen LogP contribution in [0, 0.1) is 0 Å². The smallest absolute Gasteiger partial charge is 0.124 e. The summed E-state index contributed by atoms with van der Waals surface area (Å²) in [5.74, 6) is 0.821. The highest BCUT2D eigenvalue weighted by Crippen LogP contribution is 2.32. The molecule has 0 radical (unpaired) electrons. The van der Waals surface area contributed by atoms with Crippen molar-refractivity contribution in [1.82, 2.24) is 4.98 Å². The Hall–Kier alpha value is -2.11. The van der Waals surface area contributed by atoms with Crippen LogP contribution < -0.4 is 10.1 Å². The normalized spacial score (nSPS) is 10.8. The van der Waals surface area contributed by atoms with Crippen LogP contribution in [0.5, 0.6) is 5.75 Å². The number of nitrogens with one attached hydrogen (secondary N) is 1. The van der Waals surface area contributed by atoms with Crippen LogP contribution in [0.3, 0.4) is 0 Å². The molecule has 0 fully saturated rings. The van der Waals surface area contributed by atoms with Gasteiger partial charge in [-0.25, -0.2) is 4.98 Å². The van der Waals surface area contributed by atoms with Gasteiger partial charge < -0.3 is 15.2 Å². The zero-order chi connectivity index (χ0) is 15.4. The maximum atomic E-state index is 8.79. The van der Waals surface area contributed by atoms with E-state index in [1.807, 2.05) is 37.4 Å². The summed E-state index contributed by atoms with van der Waals surface area (Å²) in [5.41, 5.74) is 3.18. The van der Waals surface area contributed by atoms with Gasteiger partial charge in [-0.05, 0) is 42.5 Å². The highest BCUT2D eigenvalue weighted by atomic mass is 32.1. The number of aliphatic hydroxyl groups is 1. The molecule has 0 saturated carbocycles. The maximum absolute atomic E-state index is 8.79. The number of hydrogen-bond donors (Lipinski definition) is 2. The molecule has 114 valence electrons. The minimum absolute atomic E-state index is 0.148. The van der Waals surface area contributed by atoms with E-state index in [0.29, 0.717) is 13.0 Å². The molecular formula is C17H18N2O2S. The lowest BCUT2D eigenvalue weighted by Crippen LogP contribution is -1.99. The van der Waals surface area contributed by atoms with Crippen molar-refractivity contribution in [1.29, 1.82) is 0 Å². The summed E-state index contributed by atoms with van der Waals surface area (Å²) in [4.78, 5) is 4.68. The van der Waals surface area contributed by atoms with Gasteiger partial charge in [0.25, 0.3) is 0 Å². The highest BCUT2D eigenvalue weighted by molar-refractivity contribution is 7.21. The predicted octanol–water partition coefficient (Wildman–Crippen LogP) is 3.77. The van der Waals surface area contributed by atoms with Gasteiger partial charge in [0.1, 0.15) is 10.8 Å². The lowest BCUT2D eigenvalue weighted by atomic mass is 10.2. The number of aliphatic hydroxyl groups excluding tert-OH is 1. The first-order valence-corrected chi connectivity index (χ1v) is 8.04. The van der Waals surface area contributed by atoms with Crippen LogP contribution in [0.15, 0.2) is 42.5 Å². The molecule has 0 spiro atoms. The van der Waals surface area contributed by atoms with E-state index < -0.39 is 0 Å². The number of aromatic nitrogens is 1. The second-order valence-electron chi connectivity index (χ2n) is 4.90. The van der Waals surface area contributed by atoms with Crippen molar-refractivity contribution < 1.29 is 9.84 Å². The number of fused-ring (bicyclic) bond motifs is 1. The number of hydrogen-bond acceptors (Lipinski definition) is 5. The minimum atomic E-state index is 0.148. The Morgan fingerprint density at radius 2 is 2.00 bits per heavy atom. The molecule has 2 N–H and O–H groups in total. The van der Waals surface area contributed by atoms with E-state index in [0.717, 1.165) is 32.2 Å². The first-order valence-electron chi connectivity index (χ1n) is 7.22. The van der Waals surface area contributed by atoms with Crippen molar-refractivity contribution in [3.05, 3.63) is 42.5 Å². The van der Waals surface area contributed by atoms with Crippen molar-refractivity contribution in [3.63, 3.8) is 0 Å². The third kappa shape index (κ3) is 3.21. The second-order valence-corrected chi connectivity index (χ2v) is 5.93. The van der Waals surface area contributed by atoms with Crippen LogP contribution in [0.2, 0.25) is 0 Å². The summed E-state index contributed by atoms with van der Waals surface area (Å²) in [7, 11) is 1.91. The van der Waals surface area contributed by atoms with Gasteiger partial charge in [0.05, 0.1) is 16.8 Å². The van der Waals surface area contributed by atoms with E-state index in [9.17, 15) is 0 Å². The van der Waals surface area contributed by atoms with Crippen LogP contribution in [-0.2, 0) is 0 Å². The average Bonchev–Trinajstić information content (AvgIpc) is 2.98. The van der Waals surface area contributed by atoms with Crippen molar-refractivity contribution in [2.75, 3.05) is 25.6 Å². The largest absolute Gasteiger partial charge is 0.493 e. The molecular weight excluding hydrogens is 296 g/mol. The quantitative estimate of drug-likeness (QED) is 0.680. The molecule has 1 heterocycles. The molecule has 2 aromatic carbocycles. The number of thiazole rings is 1. The van der Waals surface area contributed by atoms with Crippen LogP contribution in [0.4, 0.5) is 5.69 Å². The molecule has 0 aliphatic carbocycles. The summed E-state index contributed by atoms with van der Waals surface area (Å²) in [5, 5.41) is 12.9. The zero-order valence-electron chi connectivity index (χ0n) is 12.4. The average molecular weight is 314 g/mol. The van der Waals surface area contributed by atoms with Gasteiger partial charge in [0.15, 0.2) is 0 Å². The second kappa shape index (κ2) is 6.77. The monoisotopic (exact) mass is 314 g/mol. The molecule has 5 heteroatoms. The molecule has 0 saturated heterocycles. The van der Waals surface area contributed by atoms with E-state index >= 15 is 0 Å². The lowest BCUT2D eigenvalue weighted by Gasteiger charge is -2.03. The van der Waals surface area contributed by atoms with Crippen molar-refractivity contribution in [2.45, 2.75) is 6.42 Å². The summed E-state index contributed by atoms with van der Waals surface area (Å²) in [6, 6.07) is 14.1. The number of benzene rings is 2. The van der Waals surface area contributed by atoms with Gasteiger partial charge in [-0.2, -0.15) is 0 Å². The highest BCUT2D eigenvalue weighted by Gasteiger charge is 2.07. The Balaban J connectivity index is 1.85. The Labute approximate surface area is 133 Å². The Morgan fingerprint density at radius 3 is 2.73 bits per heavy atom. The standard InChI is InChI=1S/C17H18N2O2S/c1-18-13-5-3-12(4-6-13)17-19-15-8-7-14(11-16(15)22-17)21-10-2-9-20/h3-8,11,18,20H,2,9-10H2,1H3. The number of anilines is 1. The first kappa shape index (κ1) is 14.8. The third-order valence-electron chi connectivity index (χ3n) is 3.35. The molecule has 22 heavy (non-hydrogen) atoms. The topological polar surface area (TPSA) is 54.4 Å². The zero-order valence-corrected chi connectivity index (χ0v) is 13.2. The molecule has 0 atom stereocenters. The Bertz CT molecular complexity index is 753. The molecule has 0 amide bonds.